The molecule has 0 heterocycles. The van der Waals surface area contributed by atoms with Crippen LogP contribution in [0, 0.1) is 0 Å². The van der Waals surface area contributed by atoms with Gasteiger partial charge in [-0.15, -0.1) is 0 Å². The number of hydrogen-bond acceptors (Lipinski definition) is 4. The second-order valence-electron chi connectivity index (χ2n) is 7.43. The van der Waals surface area contributed by atoms with Gasteiger partial charge in [-0.25, -0.2) is 8.42 Å². The van der Waals surface area contributed by atoms with E-state index in [-0.39, 0.29) is 16.5 Å². The maximum Gasteiger partial charge on any atom is 0.322 e. The first-order chi connectivity index (χ1) is 14.4. The largest absolute Gasteiger partial charge is 0.480 e. The van der Waals surface area contributed by atoms with Gasteiger partial charge in [0.1, 0.15) is 6.54 Å². The first kappa shape index (κ1) is 22.0. The molecule has 2 N–H and O–H groups in total. The van der Waals surface area contributed by atoms with E-state index in [9.17, 15) is 18.0 Å². The predicted octanol–water partition coefficient (Wildman–Crippen LogP) is 3.02. The highest BCUT2D eigenvalue weighted by atomic mass is 32.2. The lowest BCUT2D eigenvalue weighted by Gasteiger charge is -2.33. The van der Waals surface area contributed by atoms with Crippen LogP contribution in [-0.4, -0.2) is 42.3 Å². The lowest BCUT2D eigenvalue weighted by Crippen LogP contribution is -2.40. The fourth-order valence-corrected chi connectivity index (χ4v) is 5.39. The van der Waals surface area contributed by atoms with Crippen molar-refractivity contribution in [2.45, 2.75) is 49.6 Å². The summed E-state index contributed by atoms with van der Waals surface area (Å²) in [6, 6.07) is 15.1. The average Bonchev–Trinajstić information content (AvgIpc) is 2.77. The Bertz CT molecular complexity index is 968. The van der Waals surface area contributed by atoms with Crippen molar-refractivity contribution in [3.63, 3.8) is 0 Å². The van der Waals surface area contributed by atoms with Crippen LogP contribution in [0.2, 0.25) is 0 Å². The molecule has 1 saturated carbocycles. The van der Waals surface area contributed by atoms with Gasteiger partial charge >= 0.3 is 5.97 Å². The Labute approximate surface area is 176 Å². The summed E-state index contributed by atoms with van der Waals surface area (Å²) in [7, 11) is -3.76. The number of nitrogens with zero attached hydrogens (tertiary/aromatic N) is 1. The molecule has 0 bridgehead atoms. The number of carbonyl (C=O) groups is 2. The summed E-state index contributed by atoms with van der Waals surface area (Å²) in [5.41, 5.74) is 1.14. The summed E-state index contributed by atoms with van der Waals surface area (Å²) in [5, 5.41) is 10.9. The van der Waals surface area contributed by atoms with Crippen LogP contribution in [0.25, 0.3) is 0 Å². The van der Waals surface area contributed by atoms with E-state index in [4.69, 9.17) is 5.11 Å². The Hall–Kier alpha value is -2.71. The quantitative estimate of drug-likeness (QED) is 0.670. The molecule has 0 aromatic heterocycles. The molecule has 0 atom stereocenters. The average molecular weight is 431 g/mol. The smallest absolute Gasteiger partial charge is 0.322 e. The van der Waals surface area contributed by atoms with Gasteiger partial charge in [-0.1, -0.05) is 49.6 Å². The van der Waals surface area contributed by atoms with Crippen molar-refractivity contribution in [1.29, 1.82) is 0 Å². The number of carbonyl (C=O) groups excluding carboxylic acids is 1. The van der Waals surface area contributed by atoms with Crippen molar-refractivity contribution in [2.75, 3.05) is 6.54 Å². The normalized spacial score (nSPS) is 15.1. The third kappa shape index (κ3) is 5.46. The van der Waals surface area contributed by atoms with E-state index in [1.54, 1.807) is 4.31 Å². The number of hydrogen-bond donors (Lipinski definition) is 2. The van der Waals surface area contributed by atoms with Gasteiger partial charge in [0.25, 0.3) is 5.91 Å². The highest BCUT2D eigenvalue weighted by molar-refractivity contribution is 7.89. The Morgan fingerprint density at radius 3 is 2.20 bits per heavy atom. The molecule has 160 valence electrons. The second-order valence-corrected chi connectivity index (χ2v) is 9.32. The van der Waals surface area contributed by atoms with Crippen molar-refractivity contribution in [3.8, 4) is 0 Å². The minimum Gasteiger partial charge on any atom is -0.480 e. The number of nitrogens with one attached hydrogen (secondary N) is 1. The maximum absolute atomic E-state index is 13.5. The summed E-state index contributed by atoms with van der Waals surface area (Å²) in [6.07, 6.45) is 4.81. The highest BCUT2D eigenvalue weighted by Crippen LogP contribution is 2.29. The van der Waals surface area contributed by atoms with Crippen molar-refractivity contribution in [1.82, 2.24) is 9.62 Å². The van der Waals surface area contributed by atoms with Crippen molar-refractivity contribution >= 4 is 21.9 Å². The molecule has 0 unspecified atom stereocenters. The van der Waals surface area contributed by atoms with Crippen molar-refractivity contribution < 1.29 is 23.1 Å². The van der Waals surface area contributed by atoms with E-state index in [1.165, 1.54) is 24.3 Å². The van der Waals surface area contributed by atoms with Crippen LogP contribution in [0.1, 0.15) is 48.0 Å². The van der Waals surface area contributed by atoms with Crippen LogP contribution < -0.4 is 5.32 Å². The highest BCUT2D eigenvalue weighted by Gasteiger charge is 2.32. The zero-order valence-corrected chi connectivity index (χ0v) is 17.5. The SMILES string of the molecule is O=C(O)CNC(=O)c1ccc(S(=O)(=O)N(Cc2ccccc2)C2CCCCC2)cc1. The molecule has 0 saturated heterocycles. The third-order valence-electron chi connectivity index (χ3n) is 5.29. The fourth-order valence-electron chi connectivity index (χ4n) is 3.71. The standard InChI is InChI=1S/C22H26N2O5S/c25-21(26)15-23-22(27)18-11-13-20(14-12-18)30(28,29)24(19-9-5-2-6-10-19)16-17-7-3-1-4-8-17/h1,3-4,7-8,11-14,19H,2,5-6,9-10,15-16H2,(H,23,27)(H,25,26). The van der Waals surface area contributed by atoms with Crippen LogP contribution >= 0.6 is 0 Å². The first-order valence-corrected chi connectivity index (χ1v) is 11.5. The van der Waals surface area contributed by atoms with Crippen LogP contribution in [0.5, 0.6) is 0 Å². The number of amides is 1. The molecule has 30 heavy (non-hydrogen) atoms. The topological polar surface area (TPSA) is 104 Å². The first-order valence-electron chi connectivity index (χ1n) is 10.0. The number of carboxylic acids is 1. The molecule has 1 fully saturated rings. The lowest BCUT2D eigenvalue weighted by atomic mass is 9.95. The molecule has 1 aliphatic rings. The summed E-state index contributed by atoms with van der Waals surface area (Å²) < 4.78 is 28.5. The summed E-state index contributed by atoms with van der Waals surface area (Å²) >= 11 is 0. The number of sulfonamides is 1. The van der Waals surface area contributed by atoms with Gasteiger partial charge < -0.3 is 10.4 Å². The van der Waals surface area contributed by atoms with Gasteiger partial charge in [-0.05, 0) is 42.7 Å². The third-order valence-corrected chi connectivity index (χ3v) is 7.20. The van der Waals surface area contributed by atoms with E-state index in [0.717, 1.165) is 37.7 Å². The van der Waals surface area contributed by atoms with Crippen LogP contribution in [0.3, 0.4) is 0 Å². The lowest BCUT2D eigenvalue weighted by molar-refractivity contribution is -0.135. The molecule has 2 aromatic rings. The van der Waals surface area contributed by atoms with E-state index >= 15 is 0 Å². The minimum absolute atomic E-state index is 0.0532. The van der Waals surface area contributed by atoms with Gasteiger partial charge in [-0.2, -0.15) is 4.31 Å². The Kier molecular flexibility index (Phi) is 7.23. The van der Waals surface area contributed by atoms with Crippen LogP contribution in [0.4, 0.5) is 0 Å². The molecular weight excluding hydrogens is 404 g/mol. The van der Waals surface area contributed by atoms with E-state index in [2.05, 4.69) is 5.32 Å². The van der Waals surface area contributed by atoms with E-state index in [1.807, 2.05) is 30.3 Å². The molecular formula is C22H26N2O5S. The Morgan fingerprint density at radius 2 is 1.60 bits per heavy atom. The molecule has 0 aliphatic heterocycles. The monoisotopic (exact) mass is 430 g/mol. The van der Waals surface area contributed by atoms with Crippen LogP contribution in [-0.2, 0) is 21.4 Å². The molecule has 1 amide bonds. The van der Waals surface area contributed by atoms with Crippen molar-refractivity contribution in [2.24, 2.45) is 0 Å². The number of benzene rings is 2. The molecule has 8 heteroatoms. The van der Waals surface area contributed by atoms with Gasteiger partial charge in [-0.3, -0.25) is 9.59 Å². The maximum atomic E-state index is 13.5. The molecule has 0 radical (unpaired) electrons. The van der Waals surface area contributed by atoms with Crippen LogP contribution in [0.15, 0.2) is 59.5 Å². The number of aliphatic carboxylic acids is 1. The number of carboxylic acid groups (broad SMARTS) is 1. The van der Waals surface area contributed by atoms with E-state index in [0.29, 0.717) is 6.54 Å². The van der Waals surface area contributed by atoms with Gasteiger partial charge in [0.15, 0.2) is 0 Å². The Morgan fingerprint density at radius 1 is 0.967 bits per heavy atom. The summed E-state index contributed by atoms with van der Waals surface area (Å²) in [4.78, 5) is 22.7. The zero-order chi connectivity index (χ0) is 21.6. The van der Waals surface area contributed by atoms with Gasteiger partial charge in [0, 0.05) is 18.2 Å². The Balaban J connectivity index is 1.84. The summed E-state index contributed by atoms with van der Waals surface area (Å²) in [6.45, 7) is -0.194. The zero-order valence-electron chi connectivity index (χ0n) is 16.7. The van der Waals surface area contributed by atoms with Gasteiger partial charge in [0.2, 0.25) is 10.0 Å². The molecule has 7 nitrogen and oxygen atoms in total. The second kappa shape index (κ2) is 9.86. The molecule has 2 aromatic carbocycles. The predicted molar refractivity (Wildman–Crippen MR) is 112 cm³/mol. The number of rotatable bonds is 8. The fraction of sp³-hybridized carbons (Fsp3) is 0.364. The van der Waals surface area contributed by atoms with Gasteiger partial charge in [0.05, 0.1) is 4.90 Å². The molecule has 3 rings (SSSR count). The molecule has 0 spiro atoms. The van der Waals surface area contributed by atoms with E-state index < -0.39 is 28.4 Å². The summed E-state index contributed by atoms with van der Waals surface area (Å²) in [5.74, 6) is -1.71. The minimum atomic E-state index is -3.76. The van der Waals surface area contributed by atoms with Crippen molar-refractivity contribution in [3.05, 3.63) is 65.7 Å². The molecule has 1 aliphatic carbocycles.